The molecule has 4 rings (SSSR count). The number of carbonyl (C=O) groups is 1. The number of amides is 1. The molecule has 2 aromatic carbocycles. The largest absolute Gasteiger partial charge is 0.383 e. The van der Waals surface area contributed by atoms with Crippen LogP contribution in [0.5, 0.6) is 0 Å². The van der Waals surface area contributed by atoms with E-state index in [4.69, 9.17) is 0 Å². The molecule has 1 aromatic heterocycles. The number of para-hydroxylation sites is 2. The van der Waals surface area contributed by atoms with Crippen molar-refractivity contribution in [2.45, 2.75) is 12.2 Å². The number of aliphatic hydroxyl groups excluding tert-OH is 2. The predicted molar refractivity (Wildman–Crippen MR) is 106 cm³/mol. The monoisotopic (exact) mass is 401 g/mol. The van der Waals surface area contributed by atoms with E-state index >= 15 is 0 Å². The van der Waals surface area contributed by atoms with Gasteiger partial charge in [-0.05, 0) is 24.3 Å². The van der Waals surface area contributed by atoms with Crippen LogP contribution in [-0.2, 0) is 4.79 Å². The third-order valence-corrected chi connectivity index (χ3v) is 6.01. The summed E-state index contributed by atoms with van der Waals surface area (Å²) in [5, 5.41) is 21.2. The van der Waals surface area contributed by atoms with Crippen molar-refractivity contribution in [2.75, 3.05) is 31.1 Å². The summed E-state index contributed by atoms with van der Waals surface area (Å²) >= 11 is 1.26. The van der Waals surface area contributed by atoms with E-state index in [0.717, 1.165) is 10.2 Å². The summed E-state index contributed by atoms with van der Waals surface area (Å²) in [6.45, 7) is 1.60. The van der Waals surface area contributed by atoms with Crippen molar-refractivity contribution in [3.63, 3.8) is 0 Å². The zero-order valence-corrected chi connectivity index (χ0v) is 15.8. The predicted octanol–water partition coefficient (Wildman–Crippen LogP) is 2.18. The van der Waals surface area contributed by atoms with Crippen LogP contribution in [-0.4, -0.2) is 58.3 Å². The van der Waals surface area contributed by atoms with Crippen LogP contribution in [0.4, 0.5) is 10.1 Å². The van der Waals surface area contributed by atoms with Crippen molar-refractivity contribution in [3.05, 3.63) is 59.4 Å². The van der Waals surface area contributed by atoms with E-state index in [9.17, 15) is 19.4 Å². The van der Waals surface area contributed by atoms with Gasteiger partial charge in [0.2, 0.25) is 0 Å². The van der Waals surface area contributed by atoms with Crippen molar-refractivity contribution >= 4 is 33.1 Å². The minimum atomic E-state index is -1.58. The van der Waals surface area contributed by atoms with Crippen LogP contribution in [0.15, 0.2) is 48.5 Å². The van der Waals surface area contributed by atoms with Crippen LogP contribution in [0.2, 0.25) is 0 Å². The van der Waals surface area contributed by atoms with E-state index in [-0.39, 0.29) is 5.82 Å². The molecule has 0 aliphatic carbocycles. The van der Waals surface area contributed by atoms with Gasteiger partial charge in [0.15, 0.2) is 6.10 Å². The molecular formula is C20H20FN3O3S. The summed E-state index contributed by atoms with van der Waals surface area (Å²) in [4.78, 5) is 20.3. The molecule has 146 valence electrons. The number of fused-ring (bicyclic) bond motifs is 1. The van der Waals surface area contributed by atoms with E-state index in [2.05, 4.69) is 4.98 Å². The average Bonchev–Trinajstić information content (AvgIpc) is 3.17. The summed E-state index contributed by atoms with van der Waals surface area (Å²) in [6, 6.07) is 13.9. The fourth-order valence-electron chi connectivity index (χ4n) is 3.35. The van der Waals surface area contributed by atoms with Crippen molar-refractivity contribution in [2.24, 2.45) is 0 Å². The Morgan fingerprint density at radius 1 is 1.04 bits per heavy atom. The highest BCUT2D eigenvalue weighted by molar-refractivity contribution is 7.18. The second-order valence-electron chi connectivity index (χ2n) is 6.67. The summed E-state index contributed by atoms with van der Waals surface area (Å²) in [5.74, 6) is -0.839. The van der Waals surface area contributed by atoms with Gasteiger partial charge in [-0.25, -0.2) is 9.37 Å². The molecular weight excluding hydrogens is 381 g/mol. The first-order valence-electron chi connectivity index (χ1n) is 9.04. The van der Waals surface area contributed by atoms with Crippen LogP contribution >= 0.6 is 11.3 Å². The molecule has 2 unspecified atom stereocenters. The molecule has 1 aliphatic heterocycles. The number of piperazine rings is 1. The number of rotatable bonds is 4. The van der Waals surface area contributed by atoms with Crippen molar-refractivity contribution in [3.8, 4) is 0 Å². The quantitative estimate of drug-likeness (QED) is 0.701. The van der Waals surface area contributed by atoms with Crippen LogP contribution in [0.3, 0.4) is 0 Å². The van der Waals surface area contributed by atoms with E-state index in [1.807, 2.05) is 29.2 Å². The Hall–Kier alpha value is -2.55. The Morgan fingerprint density at radius 3 is 2.43 bits per heavy atom. The number of benzene rings is 2. The number of hydrogen-bond acceptors (Lipinski definition) is 6. The van der Waals surface area contributed by atoms with E-state index in [1.54, 1.807) is 18.2 Å². The molecule has 0 saturated carbocycles. The maximum absolute atomic E-state index is 13.9. The molecule has 0 radical (unpaired) electrons. The lowest BCUT2D eigenvalue weighted by Crippen LogP contribution is -2.52. The standard InChI is InChI=1S/C20H20FN3O3S/c21-13-5-1-3-7-15(13)23-9-11-24(12-10-23)20(27)18(26)17(25)19-22-14-6-2-4-8-16(14)28-19/h1-8,17-18,25-26H,9-12H2. The highest BCUT2D eigenvalue weighted by Crippen LogP contribution is 2.29. The second kappa shape index (κ2) is 7.83. The van der Waals surface area contributed by atoms with E-state index < -0.39 is 18.1 Å². The molecule has 2 N–H and O–H groups in total. The molecule has 28 heavy (non-hydrogen) atoms. The van der Waals surface area contributed by atoms with Gasteiger partial charge in [-0.3, -0.25) is 4.79 Å². The number of halogens is 1. The first-order valence-corrected chi connectivity index (χ1v) is 9.86. The molecule has 0 spiro atoms. The number of hydrogen-bond donors (Lipinski definition) is 2. The molecule has 2 heterocycles. The van der Waals surface area contributed by atoms with Gasteiger partial charge in [0.25, 0.3) is 5.91 Å². The lowest BCUT2D eigenvalue weighted by molar-refractivity contribution is -0.146. The summed E-state index contributed by atoms with van der Waals surface area (Å²) < 4.78 is 14.8. The number of carbonyl (C=O) groups excluding carboxylic acids is 1. The number of thiazole rings is 1. The molecule has 0 bridgehead atoms. The van der Waals surface area contributed by atoms with Crippen LogP contribution in [0.1, 0.15) is 11.1 Å². The third kappa shape index (κ3) is 3.58. The molecule has 1 aliphatic rings. The third-order valence-electron chi connectivity index (χ3n) is 4.90. The van der Waals surface area contributed by atoms with Crippen LogP contribution in [0.25, 0.3) is 10.2 Å². The first-order chi connectivity index (χ1) is 13.5. The Kier molecular flexibility index (Phi) is 5.25. The Balaban J connectivity index is 1.41. The van der Waals surface area contributed by atoms with Crippen LogP contribution in [0, 0.1) is 5.82 Å². The van der Waals surface area contributed by atoms with E-state index in [0.29, 0.717) is 36.9 Å². The number of anilines is 1. The number of nitrogens with zero attached hydrogens (tertiary/aromatic N) is 3. The lowest BCUT2D eigenvalue weighted by atomic mass is 10.1. The smallest absolute Gasteiger partial charge is 0.254 e. The molecule has 1 fully saturated rings. The Morgan fingerprint density at radius 2 is 1.71 bits per heavy atom. The molecule has 6 nitrogen and oxygen atoms in total. The molecule has 1 saturated heterocycles. The Labute approximate surface area is 165 Å². The maximum Gasteiger partial charge on any atom is 0.254 e. The van der Waals surface area contributed by atoms with Gasteiger partial charge in [-0.1, -0.05) is 24.3 Å². The normalized spacial score (nSPS) is 17.0. The van der Waals surface area contributed by atoms with Gasteiger partial charge >= 0.3 is 0 Å². The summed E-state index contributed by atoms with van der Waals surface area (Å²) in [6.07, 6.45) is -2.96. The van der Waals surface area contributed by atoms with Gasteiger partial charge in [0.1, 0.15) is 16.9 Å². The zero-order chi connectivity index (χ0) is 19.7. The average molecular weight is 401 g/mol. The fourth-order valence-corrected chi connectivity index (χ4v) is 4.33. The summed E-state index contributed by atoms with van der Waals surface area (Å²) in [7, 11) is 0. The molecule has 2 atom stereocenters. The van der Waals surface area contributed by atoms with Gasteiger partial charge in [-0.15, -0.1) is 11.3 Å². The fraction of sp³-hybridized carbons (Fsp3) is 0.300. The highest BCUT2D eigenvalue weighted by Gasteiger charge is 2.33. The number of aliphatic hydroxyl groups is 2. The van der Waals surface area contributed by atoms with Gasteiger partial charge < -0.3 is 20.0 Å². The van der Waals surface area contributed by atoms with Gasteiger partial charge in [0, 0.05) is 26.2 Å². The zero-order valence-electron chi connectivity index (χ0n) is 15.0. The summed E-state index contributed by atoms with van der Waals surface area (Å²) in [5.41, 5.74) is 1.23. The Bertz CT molecular complexity index is 954. The maximum atomic E-state index is 13.9. The molecule has 3 aromatic rings. The molecule has 1 amide bonds. The second-order valence-corrected chi connectivity index (χ2v) is 7.74. The minimum absolute atomic E-state index is 0.298. The van der Waals surface area contributed by atoms with Gasteiger partial charge in [0.05, 0.1) is 15.9 Å². The first kappa shape index (κ1) is 18.8. The van der Waals surface area contributed by atoms with Gasteiger partial charge in [-0.2, -0.15) is 0 Å². The molecule has 8 heteroatoms. The highest BCUT2D eigenvalue weighted by atomic mass is 32.1. The minimum Gasteiger partial charge on any atom is -0.383 e. The van der Waals surface area contributed by atoms with Crippen molar-refractivity contribution < 1.29 is 19.4 Å². The number of aromatic nitrogens is 1. The van der Waals surface area contributed by atoms with Crippen LogP contribution < -0.4 is 4.90 Å². The van der Waals surface area contributed by atoms with E-state index in [1.165, 1.54) is 22.3 Å². The lowest BCUT2D eigenvalue weighted by Gasteiger charge is -2.37. The van der Waals surface area contributed by atoms with Crippen molar-refractivity contribution in [1.82, 2.24) is 9.88 Å². The SMILES string of the molecule is O=C(C(O)C(O)c1nc2ccccc2s1)N1CCN(c2ccccc2F)CC1. The van der Waals surface area contributed by atoms with Crippen molar-refractivity contribution in [1.29, 1.82) is 0 Å². The topological polar surface area (TPSA) is 76.9 Å².